The second-order valence-corrected chi connectivity index (χ2v) is 6.82. The number of thioether (sulfide) groups is 1. The maximum Gasteiger partial charge on any atom is 0.234 e. The molecule has 0 saturated carbocycles. The predicted molar refractivity (Wildman–Crippen MR) is 99.6 cm³/mol. The van der Waals surface area contributed by atoms with Gasteiger partial charge in [0.2, 0.25) is 12.7 Å². The predicted octanol–water partition coefficient (Wildman–Crippen LogP) is 3.53. The first kappa shape index (κ1) is 17.4. The highest BCUT2D eigenvalue weighted by Gasteiger charge is 2.14. The third-order valence-corrected chi connectivity index (χ3v) is 4.91. The van der Waals surface area contributed by atoms with E-state index in [2.05, 4.69) is 10.3 Å². The van der Waals surface area contributed by atoms with Crippen LogP contribution < -0.4 is 14.8 Å². The number of imidazole rings is 1. The Morgan fingerprint density at radius 2 is 2.11 bits per heavy atom. The highest BCUT2D eigenvalue weighted by atomic mass is 32.2. The lowest BCUT2D eigenvalue weighted by Crippen LogP contribution is -2.14. The number of anilines is 1. The van der Waals surface area contributed by atoms with Crippen molar-refractivity contribution in [1.29, 1.82) is 0 Å². The van der Waals surface area contributed by atoms with Crippen molar-refractivity contribution in [3.63, 3.8) is 0 Å². The topological polar surface area (TPSA) is 65.4 Å². The maximum absolute atomic E-state index is 13.2. The van der Waals surface area contributed by atoms with Crippen LogP contribution in [0.3, 0.4) is 0 Å². The molecule has 2 heterocycles. The monoisotopic (exact) mass is 385 g/mol. The minimum absolute atomic E-state index is 0.175. The van der Waals surface area contributed by atoms with Crippen LogP contribution in [0.5, 0.6) is 11.5 Å². The van der Waals surface area contributed by atoms with E-state index in [1.54, 1.807) is 18.3 Å². The van der Waals surface area contributed by atoms with Crippen LogP contribution in [0.4, 0.5) is 10.1 Å². The molecule has 1 N–H and O–H groups in total. The van der Waals surface area contributed by atoms with Crippen molar-refractivity contribution in [2.75, 3.05) is 17.9 Å². The zero-order valence-corrected chi connectivity index (χ0v) is 15.0. The number of carbonyl (C=O) groups is 1. The van der Waals surface area contributed by atoms with Crippen LogP contribution in [0.15, 0.2) is 60.0 Å². The molecule has 0 saturated heterocycles. The van der Waals surface area contributed by atoms with Gasteiger partial charge in [0.15, 0.2) is 16.7 Å². The van der Waals surface area contributed by atoms with E-state index in [1.807, 2.05) is 29.0 Å². The Balaban J connectivity index is 1.37. The van der Waals surface area contributed by atoms with Gasteiger partial charge in [0.05, 0.1) is 5.75 Å². The Labute approximate surface area is 159 Å². The first-order valence-corrected chi connectivity index (χ1v) is 9.24. The highest BCUT2D eigenvalue weighted by Crippen LogP contribution is 2.33. The van der Waals surface area contributed by atoms with E-state index in [9.17, 15) is 9.18 Å². The number of ether oxygens (including phenoxy) is 2. The fourth-order valence-corrected chi connectivity index (χ4v) is 3.44. The molecule has 6 nitrogen and oxygen atoms in total. The van der Waals surface area contributed by atoms with E-state index >= 15 is 0 Å². The first-order chi connectivity index (χ1) is 13.2. The molecule has 0 bridgehead atoms. The Kier molecular flexibility index (Phi) is 4.97. The molecule has 0 spiro atoms. The van der Waals surface area contributed by atoms with Crippen molar-refractivity contribution in [2.45, 2.75) is 11.7 Å². The Morgan fingerprint density at radius 1 is 1.22 bits per heavy atom. The van der Waals surface area contributed by atoms with Gasteiger partial charge in [-0.3, -0.25) is 4.79 Å². The lowest BCUT2D eigenvalue weighted by molar-refractivity contribution is -0.113. The third kappa shape index (κ3) is 4.22. The highest BCUT2D eigenvalue weighted by molar-refractivity contribution is 7.99. The lowest BCUT2D eigenvalue weighted by Gasteiger charge is -2.09. The van der Waals surface area contributed by atoms with Gasteiger partial charge in [-0.1, -0.05) is 23.9 Å². The molecule has 1 amide bonds. The van der Waals surface area contributed by atoms with Crippen LogP contribution in [0.1, 0.15) is 5.56 Å². The van der Waals surface area contributed by atoms with Gasteiger partial charge in [0, 0.05) is 24.6 Å². The van der Waals surface area contributed by atoms with Crippen molar-refractivity contribution >= 4 is 23.4 Å². The fraction of sp³-hybridized carbons (Fsp3) is 0.158. The smallest absolute Gasteiger partial charge is 0.234 e. The average Bonchev–Trinajstić information content (AvgIpc) is 3.29. The molecule has 27 heavy (non-hydrogen) atoms. The number of hydrogen-bond acceptors (Lipinski definition) is 5. The van der Waals surface area contributed by atoms with Crippen molar-refractivity contribution in [1.82, 2.24) is 9.55 Å². The molecule has 0 radical (unpaired) electrons. The Morgan fingerprint density at radius 3 is 3.00 bits per heavy atom. The maximum atomic E-state index is 13.2. The molecule has 2 aromatic carbocycles. The summed E-state index contributed by atoms with van der Waals surface area (Å²) in [6.07, 6.45) is 3.55. The third-order valence-electron chi connectivity index (χ3n) is 3.91. The molecule has 1 aliphatic heterocycles. The zero-order chi connectivity index (χ0) is 18.6. The van der Waals surface area contributed by atoms with E-state index in [1.165, 1.54) is 23.9 Å². The van der Waals surface area contributed by atoms with Gasteiger partial charge in [0.25, 0.3) is 0 Å². The Bertz CT molecular complexity index is 976. The number of fused-ring (bicyclic) bond motifs is 1. The first-order valence-electron chi connectivity index (χ1n) is 8.25. The molecule has 3 aromatic rings. The van der Waals surface area contributed by atoms with Crippen LogP contribution in [0.25, 0.3) is 0 Å². The molecule has 8 heteroatoms. The van der Waals surface area contributed by atoms with Crippen LogP contribution >= 0.6 is 11.8 Å². The summed E-state index contributed by atoms with van der Waals surface area (Å²) in [6, 6.07) is 11.6. The van der Waals surface area contributed by atoms with Gasteiger partial charge in [0.1, 0.15) is 5.82 Å². The van der Waals surface area contributed by atoms with Crippen LogP contribution in [-0.2, 0) is 11.3 Å². The van der Waals surface area contributed by atoms with Crippen molar-refractivity contribution < 1.29 is 18.7 Å². The molecular formula is C19H16FN3O3S. The number of carbonyl (C=O) groups excluding carboxylic acids is 1. The number of rotatable bonds is 6. The molecule has 0 unspecified atom stereocenters. The van der Waals surface area contributed by atoms with Crippen molar-refractivity contribution in [3.8, 4) is 11.5 Å². The molecule has 0 fully saturated rings. The summed E-state index contributed by atoms with van der Waals surface area (Å²) in [5, 5.41) is 3.40. The molecule has 1 aromatic heterocycles. The molecule has 0 aliphatic carbocycles. The SMILES string of the molecule is O=C(CSc1nccn1Cc1ccc2c(c1)OCO2)Nc1cccc(F)c1. The number of amides is 1. The van der Waals surface area contributed by atoms with E-state index in [-0.39, 0.29) is 24.3 Å². The molecule has 0 atom stereocenters. The average molecular weight is 385 g/mol. The summed E-state index contributed by atoms with van der Waals surface area (Å²) in [6.45, 7) is 0.843. The molecule has 4 rings (SSSR count). The zero-order valence-electron chi connectivity index (χ0n) is 14.2. The lowest BCUT2D eigenvalue weighted by atomic mass is 10.2. The number of hydrogen-bond donors (Lipinski definition) is 1. The second-order valence-electron chi connectivity index (χ2n) is 5.87. The number of aromatic nitrogens is 2. The van der Waals surface area contributed by atoms with Crippen molar-refractivity contribution in [3.05, 3.63) is 66.2 Å². The quantitative estimate of drug-likeness (QED) is 0.658. The van der Waals surface area contributed by atoms with E-state index in [0.29, 0.717) is 12.2 Å². The van der Waals surface area contributed by atoms with Crippen LogP contribution in [-0.4, -0.2) is 28.0 Å². The number of halogens is 1. The van der Waals surface area contributed by atoms with E-state index in [0.717, 1.165) is 22.2 Å². The number of nitrogens with one attached hydrogen (secondary N) is 1. The van der Waals surface area contributed by atoms with Gasteiger partial charge in [-0.05, 0) is 35.9 Å². The van der Waals surface area contributed by atoms with Gasteiger partial charge in [-0.2, -0.15) is 0 Å². The van der Waals surface area contributed by atoms with Gasteiger partial charge in [-0.25, -0.2) is 9.37 Å². The second kappa shape index (κ2) is 7.71. The van der Waals surface area contributed by atoms with Crippen LogP contribution in [0, 0.1) is 5.82 Å². The van der Waals surface area contributed by atoms with Gasteiger partial charge < -0.3 is 19.4 Å². The Hall–Kier alpha value is -3.00. The summed E-state index contributed by atoms with van der Waals surface area (Å²) in [7, 11) is 0. The molecular weight excluding hydrogens is 369 g/mol. The van der Waals surface area contributed by atoms with E-state index in [4.69, 9.17) is 9.47 Å². The van der Waals surface area contributed by atoms with Gasteiger partial charge in [-0.15, -0.1) is 0 Å². The summed E-state index contributed by atoms with van der Waals surface area (Å²) >= 11 is 1.32. The minimum Gasteiger partial charge on any atom is -0.454 e. The number of benzene rings is 2. The van der Waals surface area contributed by atoms with Crippen LogP contribution in [0.2, 0.25) is 0 Å². The summed E-state index contributed by atoms with van der Waals surface area (Å²) in [4.78, 5) is 16.4. The van der Waals surface area contributed by atoms with Crippen molar-refractivity contribution in [2.24, 2.45) is 0 Å². The van der Waals surface area contributed by atoms with Gasteiger partial charge >= 0.3 is 0 Å². The molecule has 138 valence electrons. The summed E-state index contributed by atoms with van der Waals surface area (Å²) < 4.78 is 25.9. The summed E-state index contributed by atoms with van der Waals surface area (Å²) in [5.41, 5.74) is 1.48. The largest absolute Gasteiger partial charge is 0.454 e. The normalized spacial score (nSPS) is 12.2. The molecule has 1 aliphatic rings. The summed E-state index contributed by atoms with van der Waals surface area (Å²) in [5.74, 6) is 1.04. The number of nitrogens with zero attached hydrogens (tertiary/aromatic N) is 2. The standard InChI is InChI=1S/C19H16FN3O3S/c20-14-2-1-3-15(9-14)22-18(24)11-27-19-21-6-7-23(19)10-13-4-5-16-17(8-13)26-12-25-16/h1-9H,10-12H2,(H,22,24). The minimum atomic E-state index is -0.389. The fourth-order valence-electron chi connectivity index (χ4n) is 2.69. The van der Waals surface area contributed by atoms with E-state index < -0.39 is 0 Å².